The lowest BCUT2D eigenvalue weighted by Gasteiger charge is -2.14. The van der Waals surface area contributed by atoms with Crippen LogP contribution < -0.4 is 19.5 Å². The van der Waals surface area contributed by atoms with E-state index >= 15 is 0 Å². The van der Waals surface area contributed by atoms with Gasteiger partial charge in [0.25, 0.3) is 5.91 Å². The Bertz CT molecular complexity index is 1120. The summed E-state index contributed by atoms with van der Waals surface area (Å²) in [6.07, 6.45) is 0. The fourth-order valence-electron chi connectivity index (χ4n) is 2.73. The number of carbonyl (C=O) groups excluding carboxylic acids is 3. The van der Waals surface area contributed by atoms with Crippen LogP contribution in [-0.2, 0) is 24.3 Å². The Morgan fingerprint density at radius 1 is 1.10 bits per heavy atom. The number of amides is 1. The van der Waals surface area contributed by atoms with Gasteiger partial charge in [0.05, 0.1) is 10.6 Å². The van der Waals surface area contributed by atoms with Gasteiger partial charge in [-0.15, -0.1) is 0 Å². The van der Waals surface area contributed by atoms with Gasteiger partial charge in [0.15, 0.2) is 23.9 Å². The van der Waals surface area contributed by atoms with E-state index in [4.69, 9.17) is 14.2 Å². The number of benzene rings is 2. The Morgan fingerprint density at radius 2 is 1.74 bits per heavy atom. The molecule has 0 spiro atoms. The number of hydrogen-bond acceptors (Lipinski definition) is 8. The zero-order valence-corrected chi connectivity index (χ0v) is 17.5. The summed E-state index contributed by atoms with van der Waals surface area (Å²) in [7, 11) is -3.93. The highest BCUT2D eigenvalue weighted by Crippen LogP contribution is 2.37. The van der Waals surface area contributed by atoms with E-state index in [1.54, 1.807) is 18.2 Å². The number of hydrogen-bond donors (Lipinski definition) is 2. The summed E-state index contributed by atoms with van der Waals surface area (Å²) in [5.41, 5.74) is 0.378. The quantitative estimate of drug-likeness (QED) is 0.457. The lowest BCUT2D eigenvalue weighted by atomic mass is 10.1. The summed E-state index contributed by atoms with van der Waals surface area (Å²) >= 11 is 0. The highest BCUT2D eigenvalue weighted by atomic mass is 32.2. The minimum Gasteiger partial charge on any atom is -0.454 e. The standard InChI is InChI=1S/C20H20N2O8S/c1-12(22-31(26,27)14-6-4-3-5-7-14)20(25)28-10-19(24)21-16-9-18-17(29-11-30-18)8-15(16)13(2)23/h3-9,12,22H,10-11H2,1-2H3,(H,21,24). The summed E-state index contributed by atoms with van der Waals surface area (Å²) in [5, 5.41) is 2.48. The Hall–Kier alpha value is -3.44. The van der Waals surface area contributed by atoms with Gasteiger partial charge >= 0.3 is 5.97 Å². The number of nitrogens with one attached hydrogen (secondary N) is 2. The molecule has 3 rings (SSSR count). The maximum atomic E-state index is 12.3. The van der Waals surface area contributed by atoms with E-state index in [1.165, 1.54) is 38.1 Å². The number of fused-ring (bicyclic) bond motifs is 1. The SMILES string of the molecule is CC(=O)c1cc2c(cc1NC(=O)COC(=O)C(C)NS(=O)(=O)c1ccccc1)OCO2. The van der Waals surface area contributed by atoms with Gasteiger partial charge in [-0.3, -0.25) is 14.4 Å². The number of ether oxygens (including phenoxy) is 3. The molecule has 10 nitrogen and oxygen atoms in total. The average Bonchev–Trinajstić information content (AvgIpc) is 3.19. The number of ketones is 1. The van der Waals surface area contributed by atoms with Gasteiger partial charge in [-0.1, -0.05) is 18.2 Å². The first-order valence-corrected chi connectivity index (χ1v) is 10.6. The molecule has 11 heteroatoms. The molecule has 0 radical (unpaired) electrons. The van der Waals surface area contributed by atoms with Gasteiger partial charge in [-0.2, -0.15) is 4.72 Å². The van der Waals surface area contributed by atoms with Crippen molar-refractivity contribution in [1.29, 1.82) is 0 Å². The molecule has 2 aromatic rings. The minimum absolute atomic E-state index is 0.00152. The lowest BCUT2D eigenvalue weighted by molar-refractivity contribution is -0.148. The second kappa shape index (κ2) is 9.14. The zero-order valence-electron chi connectivity index (χ0n) is 16.7. The molecule has 0 bridgehead atoms. The second-order valence-corrected chi connectivity index (χ2v) is 8.33. The number of anilines is 1. The van der Waals surface area contributed by atoms with Crippen LogP contribution in [0.15, 0.2) is 47.4 Å². The third-order valence-electron chi connectivity index (χ3n) is 4.25. The normalized spacial score (nSPS) is 13.4. The van der Waals surface area contributed by atoms with Gasteiger partial charge < -0.3 is 19.5 Å². The number of carbonyl (C=O) groups is 3. The first kappa shape index (κ1) is 22.2. The molecule has 2 aromatic carbocycles. The van der Waals surface area contributed by atoms with Crippen molar-refractivity contribution in [3.05, 3.63) is 48.0 Å². The molecule has 1 unspecified atom stereocenters. The Kier molecular flexibility index (Phi) is 6.56. The van der Waals surface area contributed by atoms with Crippen molar-refractivity contribution >= 4 is 33.4 Å². The molecule has 0 fully saturated rings. The highest BCUT2D eigenvalue weighted by Gasteiger charge is 2.24. The van der Waals surface area contributed by atoms with Gasteiger partial charge in [-0.25, -0.2) is 8.42 Å². The zero-order chi connectivity index (χ0) is 22.6. The van der Waals surface area contributed by atoms with Crippen LogP contribution in [0.25, 0.3) is 0 Å². The van der Waals surface area contributed by atoms with Crippen LogP contribution in [-0.4, -0.2) is 45.5 Å². The molecular formula is C20H20N2O8S. The van der Waals surface area contributed by atoms with Crippen LogP contribution in [0.2, 0.25) is 0 Å². The monoisotopic (exact) mass is 448 g/mol. The fourth-order valence-corrected chi connectivity index (χ4v) is 3.95. The van der Waals surface area contributed by atoms with Crippen LogP contribution in [0.4, 0.5) is 5.69 Å². The second-order valence-electron chi connectivity index (χ2n) is 6.62. The van der Waals surface area contributed by atoms with E-state index in [0.717, 1.165) is 0 Å². The third-order valence-corrected chi connectivity index (χ3v) is 5.81. The van der Waals surface area contributed by atoms with E-state index in [1.807, 2.05) is 0 Å². The first-order valence-electron chi connectivity index (χ1n) is 9.16. The number of esters is 1. The van der Waals surface area contributed by atoms with E-state index in [0.29, 0.717) is 11.5 Å². The van der Waals surface area contributed by atoms with E-state index in [2.05, 4.69) is 10.0 Å². The van der Waals surface area contributed by atoms with Crippen molar-refractivity contribution in [2.45, 2.75) is 24.8 Å². The van der Waals surface area contributed by atoms with Gasteiger partial charge in [0.2, 0.25) is 16.8 Å². The van der Waals surface area contributed by atoms with Crippen molar-refractivity contribution in [2.75, 3.05) is 18.7 Å². The molecule has 0 saturated heterocycles. The Morgan fingerprint density at radius 3 is 2.39 bits per heavy atom. The Labute approximate surface area is 178 Å². The molecule has 1 aliphatic rings. The van der Waals surface area contributed by atoms with E-state index in [9.17, 15) is 22.8 Å². The number of Topliss-reactive ketones (excluding diaryl/α,β-unsaturated/α-hetero) is 1. The molecule has 31 heavy (non-hydrogen) atoms. The Balaban J connectivity index is 1.58. The van der Waals surface area contributed by atoms with Crippen molar-refractivity contribution in [2.24, 2.45) is 0 Å². The van der Waals surface area contributed by atoms with Gasteiger partial charge in [0.1, 0.15) is 6.04 Å². The van der Waals surface area contributed by atoms with Crippen molar-refractivity contribution in [3.63, 3.8) is 0 Å². The highest BCUT2D eigenvalue weighted by molar-refractivity contribution is 7.89. The van der Waals surface area contributed by atoms with Gasteiger partial charge in [-0.05, 0) is 32.0 Å². The predicted molar refractivity (Wildman–Crippen MR) is 108 cm³/mol. The molecule has 164 valence electrons. The topological polar surface area (TPSA) is 137 Å². The van der Waals surface area contributed by atoms with Gasteiger partial charge in [0, 0.05) is 11.6 Å². The molecule has 2 N–H and O–H groups in total. The maximum absolute atomic E-state index is 12.3. The molecule has 0 aliphatic carbocycles. The van der Waals surface area contributed by atoms with Crippen LogP contribution in [0, 0.1) is 0 Å². The lowest BCUT2D eigenvalue weighted by Crippen LogP contribution is -2.40. The number of rotatable bonds is 8. The molecule has 0 aromatic heterocycles. The largest absolute Gasteiger partial charge is 0.454 e. The summed E-state index contributed by atoms with van der Waals surface area (Å²) in [6, 6.07) is 9.18. The van der Waals surface area contributed by atoms with Crippen LogP contribution in [0.5, 0.6) is 11.5 Å². The molecule has 1 amide bonds. The maximum Gasteiger partial charge on any atom is 0.324 e. The summed E-state index contributed by atoms with van der Waals surface area (Å²) in [5.74, 6) is -1.22. The fraction of sp³-hybridized carbons (Fsp3) is 0.250. The molecular weight excluding hydrogens is 428 g/mol. The third kappa shape index (κ3) is 5.38. The van der Waals surface area contributed by atoms with Crippen molar-refractivity contribution in [1.82, 2.24) is 4.72 Å². The van der Waals surface area contributed by atoms with Crippen LogP contribution in [0.1, 0.15) is 24.2 Å². The minimum atomic E-state index is -3.93. The smallest absolute Gasteiger partial charge is 0.324 e. The molecule has 1 atom stereocenters. The number of sulfonamides is 1. The molecule has 1 heterocycles. The summed E-state index contributed by atoms with van der Waals surface area (Å²) in [4.78, 5) is 36.2. The van der Waals surface area contributed by atoms with Crippen molar-refractivity contribution < 1.29 is 37.0 Å². The van der Waals surface area contributed by atoms with Crippen LogP contribution in [0.3, 0.4) is 0 Å². The predicted octanol–water partition coefficient (Wildman–Crippen LogP) is 1.47. The molecule has 1 aliphatic heterocycles. The summed E-state index contributed by atoms with van der Waals surface area (Å²) < 4.78 is 42.1. The molecule has 0 saturated carbocycles. The first-order chi connectivity index (χ1) is 14.7. The average molecular weight is 448 g/mol. The van der Waals surface area contributed by atoms with Crippen LogP contribution >= 0.6 is 0 Å². The van der Waals surface area contributed by atoms with Crippen molar-refractivity contribution in [3.8, 4) is 11.5 Å². The van der Waals surface area contributed by atoms with E-state index < -0.39 is 34.5 Å². The summed E-state index contributed by atoms with van der Waals surface area (Å²) in [6.45, 7) is 1.95. The van der Waals surface area contributed by atoms with E-state index in [-0.39, 0.29) is 28.7 Å².